The highest BCUT2D eigenvalue weighted by Crippen LogP contribution is 2.05. The van der Waals surface area contributed by atoms with Crippen molar-refractivity contribution in [2.24, 2.45) is 0 Å². The van der Waals surface area contributed by atoms with Crippen molar-refractivity contribution >= 4 is 11.8 Å². The molecule has 0 N–H and O–H groups in total. The van der Waals surface area contributed by atoms with E-state index in [1.54, 1.807) is 13.1 Å². The van der Waals surface area contributed by atoms with Crippen molar-refractivity contribution in [2.45, 2.75) is 0 Å². The van der Waals surface area contributed by atoms with Crippen LogP contribution in [0.1, 0.15) is 0 Å². The van der Waals surface area contributed by atoms with E-state index in [4.69, 9.17) is 0 Å². The van der Waals surface area contributed by atoms with Crippen molar-refractivity contribution in [3.05, 3.63) is 30.3 Å². The van der Waals surface area contributed by atoms with Gasteiger partial charge >= 0.3 is 6.08 Å². The lowest BCUT2D eigenvalue weighted by Crippen LogP contribution is -1.92. The molecule has 0 aromatic heterocycles. The molecule has 0 atom stereocenters. The van der Waals surface area contributed by atoms with Gasteiger partial charge in [0.05, 0.1) is 0 Å². The van der Waals surface area contributed by atoms with E-state index in [0.29, 0.717) is 0 Å². The van der Waals surface area contributed by atoms with E-state index in [1.165, 1.54) is 4.58 Å². The number of hydrogen-bond acceptors (Lipinski definition) is 1. The minimum Gasteiger partial charge on any atom is -0.159 e. The fraction of sp³-hybridized carbons (Fsp3) is 0.125. The topological polar surface area (TPSA) is 20.1 Å². The van der Waals surface area contributed by atoms with Crippen molar-refractivity contribution in [3.8, 4) is 0 Å². The summed E-state index contributed by atoms with van der Waals surface area (Å²) in [6.45, 7) is 0. The fourth-order valence-corrected chi connectivity index (χ4v) is 0.704. The maximum Gasteiger partial charge on any atom is 0.430 e. The van der Waals surface area contributed by atoms with E-state index in [0.717, 1.165) is 5.69 Å². The summed E-state index contributed by atoms with van der Waals surface area (Å²) in [5, 5.41) is 0. The van der Waals surface area contributed by atoms with Crippen LogP contribution in [0.3, 0.4) is 0 Å². The second kappa shape index (κ2) is 2.95. The summed E-state index contributed by atoms with van der Waals surface area (Å²) in [6, 6.07) is 9.37. The molecule has 2 heteroatoms. The zero-order valence-corrected chi connectivity index (χ0v) is 5.74. The zero-order chi connectivity index (χ0) is 7.40. The van der Waals surface area contributed by atoms with Crippen molar-refractivity contribution in [2.75, 3.05) is 7.05 Å². The Morgan fingerprint density at radius 1 is 1.30 bits per heavy atom. The van der Waals surface area contributed by atoms with Gasteiger partial charge in [0.25, 0.3) is 0 Å². The predicted octanol–water partition coefficient (Wildman–Crippen LogP) is 1.30. The van der Waals surface area contributed by atoms with Crippen LogP contribution in [0.25, 0.3) is 0 Å². The van der Waals surface area contributed by atoms with Crippen LogP contribution in [-0.2, 0) is 4.79 Å². The maximum atomic E-state index is 10.1. The SMILES string of the molecule is C[N+](=C=O)c1ccccc1. The average Bonchev–Trinajstić information content (AvgIpc) is 2.05. The van der Waals surface area contributed by atoms with E-state index in [9.17, 15) is 4.79 Å². The molecule has 0 bridgehead atoms. The van der Waals surface area contributed by atoms with Crippen LogP contribution in [0, 0.1) is 0 Å². The lowest BCUT2D eigenvalue weighted by Gasteiger charge is -1.86. The molecule has 10 heavy (non-hydrogen) atoms. The quantitative estimate of drug-likeness (QED) is 0.322. The lowest BCUT2D eigenvalue weighted by atomic mass is 10.3. The van der Waals surface area contributed by atoms with Gasteiger partial charge in [0.15, 0.2) is 7.05 Å². The molecule has 0 aliphatic rings. The summed E-state index contributed by atoms with van der Waals surface area (Å²) in [7, 11) is 1.67. The van der Waals surface area contributed by atoms with E-state index in [-0.39, 0.29) is 0 Å². The smallest absolute Gasteiger partial charge is 0.159 e. The van der Waals surface area contributed by atoms with E-state index >= 15 is 0 Å². The second-order valence-corrected chi connectivity index (χ2v) is 1.99. The first-order valence-electron chi connectivity index (χ1n) is 3.01. The molecule has 0 aliphatic heterocycles. The molecular formula is C8H8NO+. The van der Waals surface area contributed by atoms with Crippen molar-refractivity contribution < 1.29 is 9.37 Å². The number of rotatable bonds is 1. The standard InChI is InChI=1S/C8H8NO/c1-9(7-10)8-5-3-2-4-6-8/h2-6H,1H3/q+1. The Balaban J connectivity index is 3.08. The highest BCUT2D eigenvalue weighted by Gasteiger charge is 1.98. The summed E-state index contributed by atoms with van der Waals surface area (Å²) in [6.07, 6.45) is 1.76. The maximum absolute atomic E-state index is 10.1. The first-order valence-corrected chi connectivity index (χ1v) is 3.01. The largest absolute Gasteiger partial charge is 0.430 e. The molecule has 0 aliphatic carbocycles. The molecule has 0 fully saturated rings. The summed E-state index contributed by atoms with van der Waals surface area (Å²) in [5.41, 5.74) is 0.859. The summed E-state index contributed by atoms with van der Waals surface area (Å²) in [4.78, 5) is 10.1. The van der Waals surface area contributed by atoms with E-state index < -0.39 is 0 Å². The number of benzene rings is 1. The Morgan fingerprint density at radius 2 is 1.90 bits per heavy atom. The zero-order valence-electron chi connectivity index (χ0n) is 5.74. The highest BCUT2D eigenvalue weighted by molar-refractivity contribution is 5.35. The van der Waals surface area contributed by atoms with Gasteiger partial charge in [-0.2, -0.15) is 4.79 Å². The number of nitrogens with zero attached hydrogens (tertiary/aromatic N) is 1. The monoisotopic (exact) mass is 134 g/mol. The summed E-state index contributed by atoms with van der Waals surface area (Å²) < 4.78 is 1.40. The van der Waals surface area contributed by atoms with Gasteiger partial charge in [0.1, 0.15) is 0 Å². The molecule has 0 saturated carbocycles. The van der Waals surface area contributed by atoms with Gasteiger partial charge in [-0.3, -0.25) is 0 Å². The molecule has 0 heterocycles. The van der Waals surface area contributed by atoms with E-state index in [2.05, 4.69) is 0 Å². The van der Waals surface area contributed by atoms with Crippen LogP contribution >= 0.6 is 0 Å². The Morgan fingerprint density at radius 3 is 2.40 bits per heavy atom. The molecule has 0 amide bonds. The third kappa shape index (κ3) is 1.30. The van der Waals surface area contributed by atoms with Gasteiger partial charge in [-0.05, 0) is 0 Å². The molecule has 50 valence electrons. The van der Waals surface area contributed by atoms with Gasteiger partial charge < -0.3 is 0 Å². The number of hydrogen-bond donors (Lipinski definition) is 0. The van der Waals surface area contributed by atoms with Gasteiger partial charge in [-0.1, -0.05) is 18.2 Å². The third-order valence-corrected chi connectivity index (χ3v) is 1.28. The minimum absolute atomic E-state index is 0.859. The van der Waals surface area contributed by atoms with Gasteiger partial charge in [-0.25, -0.2) is 0 Å². The van der Waals surface area contributed by atoms with Gasteiger partial charge in [0, 0.05) is 12.1 Å². The summed E-state index contributed by atoms with van der Waals surface area (Å²) in [5.74, 6) is 0. The first kappa shape index (κ1) is 6.72. The second-order valence-electron chi connectivity index (χ2n) is 1.99. The van der Waals surface area contributed by atoms with Crippen molar-refractivity contribution in [1.82, 2.24) is 0 Å². The Kier molecular flexibility index (Phi) is 1.98. The van der Waals surface area contributed by atoms with Crippen molar-refractivity contribution in [3.63, 3.8) is 0 Å². The molecule has 2 nitrogen and oxygen atoms in total. The summed E-state index contributed by atoms with van der Waals surface area (Å²) >= 11 is 0. The fourth-order valence-electron chi connectivity index (χ4n) is 0.704. The van der Waals surface area contributed by atoms with Crippen molar-refractivity contribution in [1.29, 1.82) is 0 Å². The van der Waals surface area contributed by atoms with Crippen LogP contribution in [0.15, 0.2) is 30.3 Å². The van der Waals surface area contributed by atoms with E-state index in [1.807, 2.05) is 30.3 Å². The van der Waals surface area contributed by atoms with Gasteiger partial charge in [0.2, 0.25) is 5.69 Å². The molecule has 1 rings (SSSR count). The first-order chi connectivity index (χ1) is 4.84. The Hall–Kier alpha value is -1.40. The lowest BCUT2D eigenvalue weighted by molar-refractivity contribution is -0.401. The number of carbonyl (C=O) groups excluding carboxylic acids is 1. The predicted molar refractivity (Wildman–Crippen MR) is 38.0 cm³/mol. The Labute approximate surface area is 59.4 Å². The minimum atomic E-state index is 0.859. The highest BCUT2D eigenvalue weighted by atomic mass is 16.1. The van der Waals surface area contributed by atoms with Gasteiger partial charge in [-0.15, -0.1) is 4.58 Å². The number of para-hydroxylation sites is 1. The molecule has 0 spiro atoms. The Bertz CT molecular complexity index is 260. The number of isocyanates is 1. The molecule has 0 saturated heterocycles. The average molecular weight is 134 g/mol. The molecule has 1 aromatic rings. The molecule has 0 radical (unpaired) electrons. The van der Waals surface area contributed by atoms with Crippen LogP contribution in [0.4, 0.5) is 5.69 Å². The van der Waals surface area contributed by atoms with Crippen LogP contribution < -0.4 is 0 Å². The normalized spacial score (nSPS) is 8.50. The third-order valence-electron chi connectivity index (χ3n) is 1.28. The molecule has 1 aromatic carbocycles. The molecule has 0 unspecified atom stereocenters. The van der Waals surface area contributed by atoms with Crippen LogP contribution in [-0.4, -0.2) is 17.7 Å². The molecular weight excluding hydrogens is 126 g/mol. The van der Waals surface area contributed by atoms with Crippen LogP contribution in [0.2, 0.25) is 0 Å². The van der Waals surface area contributed by atoms with Crippen LogP contribution in [0.5, 0.6) is 0 Å².